The molecule has 7 nitrogen and oxygen atoms in total. The number of nitrogens with zero attached hydrogens (tertiary/aromatic N) is 3. The number of aromatic hydroxyl groups is 1. The largest absolute Gasteiger partial charge is 0.508 e. The van der Waals surface area contributed by atoms with Crippen molar-refractivity contribution in [1.29, 1.82) is 0 Å². The van der Waals surface area contributed by atoms with Crippen LogP contribution in [0.1, 0.15) is 36.7 Å². The third-order valence-electron chi connectivity index (χ3n) is 2.93. The molecule has 0 spiro atoms. The Morgan fingerprint density at radius 1 is 1.21 bits per heavy atom. The highest BCUT2D eigenvalue weighted by molar-refractivity contribution is 5.85. The van der Waals surface area contributed by atoms with Gasteiger partial charge in [-0.3, -0.25) is 4.79 Å². The van der Waals surface area contributed by atoms with E-state index in [2.05, 4.69) is 9.97 Å². The van der Waals surface area contributed by atoms with Crippen LogP contribution >= 0.6 is 0 Å². The van der Waals surface area contributed by atoms with Gasteiger partial charge in [-0.05, 0) is 38.5 Å². The molecule has 126 valence electrons. The van der Waals surface area contributed by atoms with Crippen molar-refractivity contribution in [3.63, 3.8) is 0 Å². The van der Waals surface area contributed by atoms with Gasteiger partial charge in [-0.1, -0.05) is 12.1 Å². The van der Waals surface area contributed by atoms with Gasteiger partial charge in [0, 0.05) is 12.4 Å². The fourth-order valence-corrected chi connectivity index (χ4v) is 1.85. The number of aldehydes is 1. The SMILES string of the molecule is CC(C)(C)OC(=O)N(Cc1ccc(O)cc1)c1ncc(C=O)cn1. The molecule has 0 saturated heterocycles. The quantitative estimate of drug-likeness (QED) is 0.867. The number of rotatable bonds is 4. The summed E-state index contributed by atoms with van der Waals surface area (Å²) >= 11 is 0. The average molecular weight is 329 g/mol. The van der Waals surface area contributed by atoms with Crippen LogP contribution in [0.5, 0.6) is 5.75 Å². The highest BCUT2D eigenvalue weighted by Crippen LogP contribution is 2.18. The lowest BCUT2D eigenvalue weighted by molar-refractivity contribution is 0.0575. The first kappa shape index (κ1) is 17.4. The summed E-state index contributed by atoms with van der Waals surface area (Å²) < 4.78 is 5.39. The van der Waals surface area contributed by atoms with Crippen molar-refractivity contribution in [3.8, 4) is 5.75 Å². The molecule has 1 amide bonds. The lowest BCUT2D eigenvalue weighted by Gasteiger charge is -2.26. The summed E-state index contributed by atoms with van der Waals surface area (Å²) in [7, 11) is 0. The van der Waals surface area contributed by atoms with Gasteiger partial charge in [-0.2, -0.15) is 0 Å². The molecular weight excluding hydrogens is 310 g/mol. The maximum Gasteiger partial charge on any atom is 0.417 e. The number of aromatic nitrogens is 2. The van der Waals surface area contributed by atoms with Crippen molar-refractivity contribution in [1.82, 2.24) is 9.97 Å². The zero-order valence-corrected chi connectivity index (χ0v) is 13.8. The van der Waals surface area contributed by atoms with Crippen molar-refractivity contribution in [2.45, 2.75) is 32.9 Å². The average Bonchev–Trinajstić information content (AvgIpc) is 2.53. The minimum Gasteiger partial charge on any atom is -0.508 e. The van der Waals surface area contributed by atoms with Crippen molar-refractivity contribution in [2.24, 2.45) is 0 Å². The number of phenolic OH excluding ortho intramolecular Hbond substituents is 1. The molecule has 2 aromatic rings. The van der Waals surface area contributed by atoms with E-state index < -0.39 is 11.7 Å². The first-order valence-electron chi connectivity index (χ1n) is 7.34. The molecule has 0 unspecified atom stereocenters. The van der Waals surface area contributed by atoms with Crippen LogP contribution in [0.2, 0.25) is 0 Å². The van der Waals surface area contributed by atoms with Crippen LogP contribution in [0.25, 0.3) is 0 Å². The number of phenols is 1. The second kappa shape index (κ2) is 7.08. The standard InChI is InChI=1S/C17H19N3O4/c1-17(2,3)24-16(23)20(10-12-4-6-14(22)7-5-12)15-18-8-13(11-21)9-19-15/h4-9,11,22H,10H2,1-3H3. The normalized spacial score (nSPS) is 11.0. The molecule has 0 aliphatic rings. The van der Waals surface area contributed by atoms with Gasteiger partial charge in [0.2, 0.25) is 5.95 Å². The van der Waals surface area contributed by atoms with E-state index in [4.69, 9.17) is 4.74 Å². The summed E-state index contributed by atoms with van der Waals surface area (Å²) in [6, 6.07) is 6.43. The van der Waals surface area contributed by atoms with Crippen LogP contribution < -0.4 is 4.90 Å². The maximum absolute atomic E-state index is 12.5. The molecule has 0 radical (unpaired) electrons. The molecule has 0 aliphatic carbocycles. The minimum absolute atomic E-state index is 0.128. The van der Waals surface area contributed by atoms with E-state index in [0.717, 1.165) is 5.56 Å². The van der Waals surface area contributed by atoms with Crippen molar-refractivity contribution < 1.29 is 19.4 Å². The van der Waals surface area contributed by atoms with Crippen LogP contribution in [0, 0.1) is 0 Å². The molecule has 24 heavy (non-hydrogen) atoms. The van der Waals surface area contributed by atoms with Gasteiger partial charge in [0.05, 0.1) is 12.1 Å². The van der Waals surface area contributed by atoms with Gasteiger partial charge in [-0.25, -0.2) is 19.7 Å². The van der Waals surface area contributed by atoms with E-state index in [0.29, 0.717) is 11.8 Å². The summed E-state index contributed by atoms with van der Waals surface area (Å²) in [5.74, 6) is 0.261. The molecule has 1 heterocycles. The molecule has 0 aliphatic heterocycles. The van der Waals surface area contributed by atoms with Crippen LogP contribution in [0.4, 0.5) is 10.7 Å². The van der Waals surface area contributed by atoms with Gasteiger partial charge in [-0.15, -0.1) is 0 Å². The van der Waals surface area contributed by atoms with Gasteiger partial charge in [0.15, 0.2) is 6.29 Å². The van der Waals surface area contributed by atoms with Gasteiger partial charge < -0.3 is 9.84 Å². The second-order valence-corrected chi connectivity index (χ2v) is 6.17. The Morgan fingerprint density at radius 2 is 1.79 bits per heavy atom. The fraction of sp³-hybridized carbons (Fsp3) is 0.294. The molecule has 0 fully saturated rings. The topological polar surface area (TPSA) is 92.6 Å². The Balaban J connectivity index is 2.30. The number of carbonyl (C=O) groups excluding carboxylic acids is 2. The molecule has 0 saturated carbocycles. The third-order valence-corrected chi connectivity index (χ3v) is 2.93. The van der Waals surface area contributed by atoms with Crippen LogP contribution in [0.3, 0.4) is 0 Å². The first-order valence-corrected chi connectivity index (χ1v) is 7.34. The van der Waals surface area contributed by atoms with E-state index in [1.807, 2.05) is 0 Å². The van der Waals surface area contributed by atoms with Gasteiger partial charge >= 0.3 is 6.09 Å². The number of carbonyl (C=O) groups is 2. The molecule has 0 atom stereocenters. The highest BCUT2D eigenvalue weighted by Gasteiger charge is 2.25. The molecule has 1 N–H and O–H groups in total. The Labute approximate surface area is 139 Å². The van der Waals surface area contributed by atoms with Crippen molar-refractivity contribution in [3.05, 3.63) is 47.8 Å². The number of ether oxygens (including phenoxy) is 1. The number of anilines is 1. The van der Waals surface area contributed by atoms with Crippen molar-refractivity contribution in [2.75, 3.05) is 4.90 Å². The van der Waals surface area contributed by atoms with Crippen molar-refractivity contribution >= 4 is 18.3 Å². The van der Waals surface area contributed by atoms with Gasteiger partial charge in [0.25, 0.3) is 0 Å². The Morgan fingerprint density at radius 3 is 2.29 bits per heavy atom. The maximum atomic E-state index is 12.5. The Kier molecular flexibility index (Phi) is 5.13. The van der Waals surface area contributed by atoms with Crippen LogP contribution in [-0.2, 0) is 11.3 Å². The number of hydrogen-bond donors (Lipinski definition) is 1. The summed E-state index contributed by atoms with van der Waals surface area (Å²) in [4.78, 5) is 32.6. The Bertz CT molecular complexity index is 706. The number of benzene rings is 1. The summed E-state index contributed by atoms with van der Waals surface area (Å²) in [6.45, 7) is 5.45. The fourth-order valence-electron chi connectivity index (χ4n) is 1.85. The van der Waals surface area contributed by atoms with E-state index in [1.54, 1.807) is 32.9 Å². The zero-order chi connectivity index (χ0) is 17.7. The first-order chi connectivity index (χ1) is 11.3. The number of hydrogen-bond acceptors (Lipinski definition) is 6. The third kappa shape index (κ3) is 4.77. The minimum atomic E-state index is -0.674. The van der Waals surface area contributed by atoms with Gasteiger partial charge in [0.1, 0.15) is 11.4 Å². The molecule has 1 aromatic heterocycles. The smallest absolute Gasteiger partial charge is 0.417 e. The van der Waals surface area contributed by atoms with E-state index in [9.17, 15) is 14.7 Å². The van der Waals surface area contributed by atoms with E-state index in [-0.39, 0.29) is 18.2 Å². The predicted molar refractivity (Wildman–Crippen MR) is 87.9 cm³/mol. The summed E-state index contributed by atoms with van der Waals surface area (Å²) in [5.41, 5.74) is 0.404. The monoisotopic (exact) mass is 329 g/mol. The number of amides is 1. The zero-order valence-electron chi connectivity index (χ0n) is 13.8. The molecular formula is C17H19N3O4. The molecule has 1 aromatic carbocycles. The summed E-state index contributed by atoms with van der Waals surface area (Å²) in [6.07, 6.45) is 2.70. The second-order valence-electron chi connectivity index (χ2n) is 6.17. The molecule has 0 bridgehead atoms. The Hall–Kier alpha value is -2.96. The molecule has 2 rings (SSSR count). The van der Waals surface area contributed by atoms with Crippen LogP contribution in [0.15, 0.2) is 36.7 Å². The lowest BCUT2D eigenvalue weighted by atomic mass is 10.2. The highest BCUT2D eigenvalue weighted by atomic mass is 16.6. The molecule has 7 heteroatoms. The van der Waals surface area contributed by atoms with E-state index in [1.165, 1.54) is 29.4 Å². The predicted octanol–water partition coefficient (Wildman–Crippen LogP) is 2.94. The summed E-state index contributed by atoms with van der Waals surface area (Å²) in [5, 5.41) is 9.36. The van der Waals surface area contributed by atoms with Crippen LogP contribution in [-0.4, -0.2) is 33.1 Å². The van der Waals surface area contributed by atoms with E-state index >= 15 is 0 Å². The lowest BCUT2D eigenvalue weighted by Crippen LogP contribution is -2.37.